The summed E-state index contributed by atoms with van der Waals surface area (Å²) in [4.78, 5) is 34.6. The number of esters is 1. The van der Waals surface area contributed by atoms with Crippen molar-refractivity contribution in [2.24, 2.45) is 0 Å². The predicted octanol–water partition coefficient (Wildman–Crippen LogP) is 2.07. The Kier molecular flexibility index (Phi) is 5.92. The van der Waals surface area contributed by atoms with Crippen molar-refractivity contribution in [3.05, 3.63) is 28.7 Å². The topological polar surface area (TPSA) is 92.7 Å². The van der Waals surface area contributed by atoms with E-state index in [9.17, 15) is 14.4 Å². The van der Waals surface area contributed by atoms with Crippen LogP contribution >= 0.6 is 11.3 Å². The van der Waals surface area contributed by atoms with E-state index >= 15 is 0 Å². The summed E-state index contributed by atoms with van der Waals surface area (Å²) in [7, 11) is 0. The molecule has 1 amide bonds. The lowest BCUT2D eigenvalue weighted by atomic mass is 10.2. The lowest BCUT2D eigenvalue weighted by Crippen LogP contribution is -2.12. The highest BCUT2D eigenvalue weighted by Gasteiger charge is 2.17. The maximum absolute atomic E-state index is 11.8. The molecule has 0 spiro atoms. The number of rotatable bonds is 6. The first-order chi connectivity index (χ1) is 9.47. The van der Waals surface area contributed by atoms with Gasteiger partial charge in [-0.05, 0) is 19.4 Å². The number of anilines is 1. The van der Waals surface area contributed by atoms with Gasteiger partial charge in [-0.2, -0.15) is 0 Å². The van der Waals surface area contributed by atoms with Gasteiger partial charge in [0, 0.05) is 17.0 Å². The van der Waals surface area contributed by atoms with E-state index < -0.39 is 17.8 Å². The lowest BCUT2D eigenvalue weighted by molar-refractivity contribution is -0.131. The van der Waals surface area contributed by atoms with Gasteiger partial charge in [0.1, 0.15) is 5.00 Å². The molecule has 7 heteroatoms. The second-order valence-corrected chi connectivity index (χ2v) is 4.83. The maximum atomic E-state index is 11.8. The number of carbonyl (C=O) groups excluding carboxylic acids is 2. The fourth-order valence-corrected chi connectivity index (χ4v) is 2.36. The lowest BCUT2D eigenvalue weighted by Gasteiger charge is -2.03. The number of aliphatic carboxylic acids is 1. The molecule has 1 heterocycles. The Hall–Kier alpha value is -2.15. The monoisotopic (exact) mass is 297 g/mol. The molecule has 0 aliphatic heterocycles. The van der Waals surface area contributed by atoms with Crippen LogP contribution in [0, 0.1) is 0 Å². The van der Waals surface area contributed by atoms with Gasteiger partial charge >= 0.3 is 11.9 Å². The zero-order valence-electron chi connectivity index (χ0n) is 11.1. The summed E-state index contributed by atoms with van der Waals surface area (Å²) in [6.45, 7) is 3.86. The fraction of sp³-hybridized carbons (Fsp3) is 0.308. The summed E-state index contributed by atoms with van der Waals surface area (Å²) in [6.07, 6.45) is 2.34. The van der Waals surface area contributed by atoms with Crippen LogP contribution in [0.25, 0.3) is 0 Å². The van der Waals surface area contributed by atoms with Gasteiger partial charge in [-0.25, -0.2) is 9.59 Å². The maximum Gasteiger partial charge on any atom is 0.341 e. The van der Waals surface area contributed by atoms with Crippen molar-refractivity contribution >= 4 is 34.2 Å². The van der Waals surface area contributed by atoms with Crippen molar-refractivity contribution in [1.82, 2.24) is 0 Å². The summed E-state index contributed by atoms with van der Waals surface area (Å²) in [6, 6.07) is 1.67. The van der Waals surface area contributed by atoms with E-state index in [1.165, 1.54) is 11.3 Å². The van der Waals surface area contributed by atoms with Gasteiger partial charge < -0.3 is 15.2 Å². The number of thiophene rings is 1. The van der Waals surface area contributed by atoms with Crippen molar-refractivity contribution in [3.63, 3.8) is 0 Å². The molecule has 6 nitrogen and oxygen atoms in total. The highest BCUT2D eigenvalue weighted by molar-refractivity contribution is 7.16. The smallest absolute Gasteiger partial charge is 0.341 e. The molecule has 1 rings (SSSR count). The summed E-state index contributed by atoms with van der Waals surface area (Å²) in [5, 5.41) is 11.3. The van der Waals surface area contributed by atoms with Gasteiger partial charge in [0.15, 0.2) is 0 Å². The third-order valence-electron chi connectivity index (χ3n) is 2.24. The number of hydrogen-bond acceptors (Lipinski definition) is 5. The molecule has 0 aromatic carbocycles. The van der Waals surface area contributed by atoms with Crippen molar-refractivity contribution < 1.29 is 24.2 Å². The van der Waals surface area contributed by atoms with Crippen LogP contribution in [0.3, 0.4) is 0 Å². The molecule has 20 heavy (non-hydrogen) atoms. The molecule has 0 saturated heterocycles. The van der Waals surface area contributed by atoms with Crippen LogP contribution in [0.1, 0.15) is 29.1 Å². The Bertz CT molecular complexity index is 547. The van der Waals surface area contributed by atoms with E-state index in [1.54, 1.807) is 13.0 Å². The number of carbonyl (C=O) groups is 3. The minimum absolute atomic E-state index is 0.239. The summed E-state index contributed by atoms with van der Waals surface area (Å²) >= 11 is 1.26. The Morgan fingerprint density at radius 1 is 1.35 bits per heavy atom. The predicted molar refractivity (Wildman–Crippen MR) is 75.1 cm³/mol. The van der Waals surface area contributed by atoms with Gasteiger partial charge in [-0.3, -0.25) is 4.79 Å². The zero-order valence-corrected chi connectivity index (χ0v) is 12.0. The third-order valence-corrected chi connectivity index (χ3v) is 3.44. The van der Waals surface area contributed by atoms with E-state index in [0.717, 1.165) is 23.5 Å². The number of hydrogen-bond donors (Lipinski definition) is 2. The number of aryl methyl sites for hydroxylation is 1. The molecule has 0 bridgehead atoms. The minimum atomic E-state index is -1.22. The molecule has 0 fully saturated rings. The number of ether oxygens (including phenoxy) is 1. The minimum Gasteiger partial charge on any atom is -0.478 e. The molecule has 1 aromatic heterocycles. The van der Waals surface area contributed by atoms with Gasteiger partial charge in [0.05, 0.1) is 12.2 Å². The van der Waals surface area contributed by atoms with Crippen molar-refractivity contribution in [2.45, 2.75) is 20.3 Å². The molecule has 0 aliphatic rings. The van der Waals surface area contributed by atoms with E-state index in [0.29, 0.717) is 5.00 Å². The molecular formula is C13H15NO5S. The van der Waals surface area contributed by atoms with Crippen LogP contribution in [0.2, 0.25) is 0 Å². The summed E-state index contributed by atoms with van der Waals surface area (Å²) in [5.41, 5.74) is 0.283. The molecule has 0 atom stereocenters. The van der Waals surface area contributed by atoms with Crippen LogP contribution in [0.4, 0.5) is 5.00 Å². The van der Waals surface area contributed by atoms with Crippen LogP contribution in [-0.2, 0) is 20.7 Å². The highest BCUT2D eigenvalue weighted by Crippen LogP contribution is 2.29. The van der Waals surface area contributed by atoms with Crippen LogP contribution in [0.15, 0.2) is 18.2 Å². The van der Waals surface area contributed by atoms with Gasteiger partial charge in [0.2, 0.25) is 5.91 Å². The van der Waals surface area contributed by atoms with Crippen LogP contribution in [-0.4, -0.2) is 29.6 Å². The Morgan fingerprint density at radius 3 is 2.60 bits per heavy atom. The van der Waals surface area contributed by atoms with E-state index in [4.69, 9.17) is 9.84 Å². The van der Waals surface area contributed by atoms with Crippen LogP contribution < -0.4 is 5.32 Å². The molecule has 0 aliphatic carbocycles. The average Bonchev–Trinajstić information content (AvgIpc) is 2.80. The Labute approximate surface area is 120 Å². The molecule has 1 aromatic rings. The van der Waals surface area contributed by atoms with Gasteiger partial charge in [0.25, 0.3) is 0 Å². The number of carboxylic acids is 1. The number of nitrogens with one attached hydrogen (secondary N) is 1. The average molecular weight is 297 g/mol. The van der Waals surface area contributed by atoms with Crippen molar-refractivity contribution in [3.8, 4) is 0 Å². The first-order valence-corrected chi connectivity index (χ1v) is 6.81. The Balaban J connectivity index is 2.93. The first-order valence-electron chi connectivity index (χ1n) is 5.99. The summed E-state index contributed by atoms with van der Waals surface area (Å²) in [5.74, 6) is -2.34. The van der Waals surface area contributed by atoms with E-state index in [-0.39, 0.29) is 12.2 Å². The highest BCUT2D eigenvalue weighted by atomic mass is 32.1. The normalized spacial score (nSPS) is 10.5. The number of carboxylic acid groups (broad SMARTS) is 1. The number of amides is 1. The second kappa shape index (κ2) is 7.44. The Morgan fingerprint density at radius 2 is 2.05 bits per heavy atom. The molecule has 2 N–H and O–H groups in total. The van der Waals surface area contributed by atoms with Crippen molar-refractivity contribution in [1.29, 1.82) is 0 Å². The van der Waals surface area contributed by atoms with Gasteiger partial charge in [-0.1, -0.05) is 6.92 Å². The summed E-state index contributed by atoms with van der Waals surface area (Å²) < 4.78 is 4.91. The molecule has 0 saturated carbocycles. The second-order valence-electron chi connectivity index (χ2n) is 3.69. The SMILES string of the molecule is CCOC(=O)c1cc(CC)sc1NC(=O)/C=C/C(=O)O. The largest absolute Gasteiger partial charge is 0.478 e. The van der Waals surface area contributed by atoms with Gasteiger partial charge in [-0.15, -0.1) is 11.3 Å². The molecule has 108 valence electrons. The first kappa shape index (κ1) is 15.9. The standard InChI is InChI=1S/C13H15NO5S/c1-3-8-7-9(13(18)19-4-2)12(20-8)14-10(15)5-6-11(16)17/h5-7H,3-4H2,1-2H3,(H,14,15)(H,16,17)/b6-5+. The fourth-order valence-electron chi connectivity index (χ4n) is 1.37. The third kappa shape index (κ3) is 4.51. The molecular weight excluding hydrogens is 282 g/mol. The van der Waals surface area contributed by atoms with Crippen molar-refractivity contribution in [2.75, 3.05) is 11.9 Å². The van der Waals surface area contributed by atoms with E-state index in [2.05, 4.69) is 5.32 Å². The quantitative estimate of drug-likeness (QED) is 0.619. The zero-order chi connectivity index (χ0) is 15.1. The van der Waals surface area contributed by atoms with Crippen LogP contribution in [0.5, 0.6) is 0 Å². The molecule has 0 radical (unpaired) electrons. The molecule has 0 unspecified atom stereocenters. The van der Waals surface area contributed by atoms with E-state index in [1.807, 2.05) is 6.92 Å².